The Morgan fingerprint density at radius 3 is 2.87 bits per heavy atom. The summed E-state index contributed by atoms with van der Waals surface area (Å²) in [5.74, 6) is 1.15. The van der Waals surface area contributed by atoms with Gasteiger partial charge in [-0.3, -0.25) is 4.90 Å². The molecule has 1 N–H and O–H groups in total. The molecule has 5 nitrogen and oxygen atoms in total. The van der Waals surface area contributed by atoms with Crippen molar-refractivity contribution in [2.24, 2.45) is 12.5 Å². The molecular formula is C17H25N5S. The van der Waals surface area contributed by atoms with Crippen LogP contribution in [0.4, 0.5) is 0 Å². The van der Waals surface area contributed by atoms with E-state index in [1.807, 2.05) is 12.4 Å². The van der Waals surface area contributed by atoms with Crippen LogP contribution in [-0.4, -0.2) is 38.6 Å². The van der Waals surface area contributed by atoms with Gasteiger partial charge in [-0.05, 0) is 44.7 Å². The Bertz CT molecular complexity index is 670. The fourth-order valence-corrected chi connectivity index (χ4v) is 4.60. The first-order chi connectivity index (χ1) is 11.2. The normalized spacial score (nSPS) is 22.8. The first-order valence-electron chi connectivity index (χ1n) is 8.48. The average molecular weight is 331 g/mol. The summed E-state index contributed by atoms with van der Waals surface area (Å²) < 4.78 is 2.14. The lowest BCUT2D eigenvalue weighted by Crippen LogP contribution is -2.36. The molecule has 6 heteroatoms. The second-order valence-electron chi connectivity index (χ2n) is 7.05. The minimum atomic E-state index is 0.543. The van der Waals surface area contributed by atoms with Gasteiger partial charge in [-0.1, -0.05) is 0 Å². The van der Waals surface area contributed by atoms with Gasteiger partial charge in [0.2, 0.25) is 0 Å². The molecule has 1 aliphatic carbocycles. The third-order valence-electron chi connectivity index (χ3n) is 5.48. The molecule has 0 bridgehead atoms. The van der Waals surface area contributed by atoms with Crippen LogP contribution in [0.1, 0.15) is 35.8 Å². The molecule has 2 aromatic heterocycles. The minimum absolute atomic E-state index is 0.543. The fourth-order valence-electron chi connectivity index (χ4n) is 4.00. The molecule has 0 aromatic carbocycles. The number of aryl methyl sites for hydroxylation is 2. The van der Waals surface area contributed by atoms with Crippen LogP contribution in [-0.2, 0) is 20.1 Å². The number of rotatable bonds is 5. The highest BCUT2D eigenvalue weighted by molar-refractivity contribution is 7.09. The van der Waals surface area contributed by atoms with Crippen LogP contribution in [0, 0.1) is 12.3 Å². The molecule has 124 valence electrons. The van der Waals surface area contributed by atoms with Crippen molar-refractivity contribution in [2.45, 2.75) is 45.3 Å². The minimum Gasteiger partial charge on any atom is -0.337 e. The summed E-state index contributed by atoms with van der Waals surface area (Å²) in [4.78, 5) is 11.8. The Balaban J connectivity index is 1.53. The number of nitrogens with zero attached hydrogens (tertiary/aromatic N) is 4. The quantitative estimate of drug-likeness (QED) is 0.913. The van der Waals surface area contributed by atoms with E-state index in [9.17, 15) is 0 Å². The third kappa shape index (κ3) is 3.07. The number of thiazole rings is 1. The lowest BCUT2D eigenvalue weighted by Gasteiger charge is -2.29. The number of piperidine rings is 1. The second-order valence-corrected chi connectivity index (χ2v) is 8.11. The Kier molecular flexibility index (Phi) is 3.99. The van der Waals surface area contributed by atoms with Crippen molar-refractivity contribution < 1.29 is 0 Å². The van der Waals surface area contributed by atoms with Gasteiger partial charge in [0.05, 0.1) is 17.2 Å². The molecule has 1 saturated heterocycles. The molecule has 2 aliphatic rings. The maximum absolute atomic E-state index is 4.68. The Hall–Kier alpha value is -1.24. The van der Waals surface area contributed by atoms with Crippen molar-refractivity contribution in [1.82, 2.24) is 24.8 Å². The van der Waals surface area contributed by atoms with E-state index in [2.05, 4.69) is 44.1 Å². The molecule has 0 radical (unpaired) electrons. The summed E-state index contributed by atoms with van der Waals surface area (Å²) >= 11 is 1.75. The van der Waals surface area contributed by atoms with E-state index in [0.717, 1.165) is 23.9 Å². The van der Waals surface area contributed by atoms with Gasteiger partial charge in [0.25, 0.3) is 0 Å². The van der Waals surface area contributed by atoms with Crippen molar-refractivity contribution in [3.05, 3.63) is 34.3 Å². The molecule has 23 heavy (non-hydrogen) atoms. The van der Waals surface area contributed by atoms with Crippen LogP contribution in [0.25, 0.3) is 0 Å². The summed E-state index contributed by atoms with van der Waals surface area (Å²) in [6.07, 6.45) is 7.89. The van der Waals surface area contributed by atoms with E-state index < -0.39 is 0 Å². The lowest BCUT2D eigenvalue weighted by atomic mass is 9.93. The van der Waals surface area contributed by atoms with Gasteiger partial charge >= 0.3 is 0 Å². The smallest absolute Gasteiger partial charge is 0.122 e. The summed E-state index contributed by atoms with van der Waals surface area (Å²) in [6, 6.07) is 0.684. The standard InChI is InChI=1S/C17H25N5S/c1-13-20-14(12-23-13)10-22(11-16-19-7-8-21(16)2)15-9-17(15)3-5-18-6-4-17/h7-8,12,15,18H,3-6,9-11H2,1-2H3. The van der Waals surface area contributed by atoms with Crippen LogP contribution < -0.4 is 5.32 Å². The average Bonchev–Trinajstić information content (AvgIpc) is 2.85. The highest BCUT2D eigenvalue weighted by Crippen LogP contribution is 2.56. The van der Waals surface area contributed by atoms with Crippen molar-refractivity contribution in [1.29, 1.82) is 0 Å². The SMILES string of the molecule is Cc1nc(CN(Cc2nccn2C)C2CC23CCNCC3)cs1. The zero-order valence-corrected chi connectivity index (χ0v) is 14.8. The highest BCUT2D eigenvalue weighted by atomic mass is 32.1. The van der Waals surface area contributed by atoms with Crippen molar-refractivity contribution >= 4 is 11.3 Å². The molecule has 0 amide bonds. The maximum Gasteiger partial charge on any atom is 0.122 e. The summed E-state index contributed by atoms with van der Waals surface area (Å²) in [5, 5.41) is 6.87. The maximum atomic E-state index is 4.68. The Labute approximate surface area is 141 Å². The van der Waals surface area contributed by atoms with E-state index >= 15 is 0 Å². The van der Waals surface area contributed by atoms with E-state index in [1.165, 1.54) is 38.0 Å². The molecule has 1 atom stereocenters. The topological polar surface area (TPSA) is 46.0 Å². The molecule has 2 fully saturated rings. The van der Waals surface area contributed by atoms with Crippen LogP contribution >= 0.6 is 11.3 Å². The zero-order chi connectivity index (χ0) is 15.9. The number of aromatic nitrogens is 3. The van der Waals surface area contributed by atoms with Crippen molar-refractivity contribution in [3.63, 3.8) is 0 Å². The van der Waals surface area contributed by atoms with Gasteiger partial charge in [0.15, 0.2) is 0 Å². The van der Waals surface area contributed by atoms with Crippen molar-refractivity contribution in [3.8, 4) is 0 Å². The van der Waals surface area contributed by atoms with Gasteiger partial charge < -0.3 is 9.88 Å². The third-order valence-corrected chi connectivity index (χ3v) is 6.31. The van der Waals surface area contributed by atoms with E-state index in [-0.39, 0.29) is 0 Å². The van der Waals surface area contributed by atoms with E-state index in [0.29, 0.717) is 11.5 Å². The second kappa shape index (κ2) is 6.00. The van der Waals surface area contributed by atoms with Crippen LogP contribution in [0.5, 0.6) is 0 Å². The summed E-state index contributed by atoms with van der Waals surface area (Å²) in [7, 11) is 2.08. The largest absolute Gasteiger partial charge is 0.337 e. The number of imidazole rings is 1. The van der Waals surface area contributed by atoms with Gasteiger partial charge in [0.1, 0.15) is 5.82 Å². The highest BCUT2D eigenvalue weighted by Gasteiger charge is 2.56. The van der Waals surface area contributed by atoms with E-state index in [1.54, 1.807) is 11.3 Å². The molecule has 4 rings (SSSR count). The number of hydrogen-bond acceptors (Lipinski definition) is 5. The molecule has 1 saturated carbocycles. The molecule has 2 aromatic rings. The monoisotopic (exact) mass is 331 g/mol. The van der Waals surface area contributed by atoms with Crippen molar-refractivity contribution in [2.75, 3.05) is 13.1 Å². The first kappa shape index (κ1) is 15.3. The fraction of sp³-hybridized carbons (Fsp3) is 0.647. The Morgan fingerprint density at radius 1 is 1.39 bits per heavy atom. The first-order valence-corrected chi connectivity index (χ1v) is 9.36. The van der Waals surface area contributed by atoms with E-state index in [4.69, 9.17) is 0 Å². The van der Waals surface area contributed by atoms with Gasteiger partial charge in [-0.25, -0.2) is 9.97 Å². The van der Waals surface area contributed by atoms with Gasteiger partial charge in [-0.2, -0.15) is 0 Å². The predicted molar refractivity (Wildman–Crippen MR) is 92.2 cm³/mol. The molecular weight excluding hydrogens is 306 g/mol. The van der Waals surface area contributed by atoms with Gasteiger partial charge in [-0.15, -0.1) is 11.3 Å². The number of nitrogens with one attached hydrogen (secondary N) is 1. The number of hydrogen-bond donors (Lipinski definition) is 1. The van der Waals surface area contributed by atoms with Crippen LogP contribution in [0.2, 0.25) is 0 Å². The molecule has 1 aliphatic heterocycles. The lowest BCUT2D eigenvalue weighted by molar-refractivity contribution is 0.181. The zero-order valence-electron chi connectivity index (χ0n) is 14.0. The summed E-state index contributed by atoms with van der Waals surface area (Å²) in [5.41, 5.74) is 1.75. The summed E-state index contributed by atoms with van der Waals surface area (Å²) in [6.45, 7) is 6.28. The Morgan fingerprint density at radius 2 is 2.22 bits per heavy atom. The molecule has 3 heterocycles. The molecule has 1 spiro atoms. The predicted octanol–water partition coefficient (Wildman–Crippen LogP) is 2.33. The van der Waals surface area contributed by atoms with Crippen LogP contribution in [0.3, 0.4) is 0 Å². The van der Waals surface area contributed by atoms with Gasteiger partial charge in [0, 0.05) is 37.4 Å². The van der Waals surface area contributed by atoms with Crippen LogP contribution in [0.15, 0.2) is 17.8 Å². The molecule has 1 unspecified atom stereocenters.